The van der Waals surface area contributed by atoms with Crippen LogP contribution in [0.25, 0.3) is 0 Å². The molecule has 1 aliphatic heterocycles. The Bertz CT molecular complexity index is 488. The van der Waals surface area contributed by atoms with Gasteiger partial charge in [0, 0.05) is 24.2 Å². The number of carbonyl (C=O) groups excluding carboxylic acids is 1. The van der Waals surface area contributed by atoms with Crippen LogP contribution in [-0.4, -0.2) is 35.6 Å². The molecule has 0 radical (unpaired) electrons. The Morgan fingerprint density at radius 2 is 2.32 bits per heavy atom. The number of pyridine rings is 1. The highest BCUT2D eigenvalue weighted by Gasteiger charge is 2.24. The number of rotatable bonds is 6. The Hall–Kier alpha value is -1.33. The summed E-state index contributed by atoms with van der Waals surface area (Å²) >= 11 is 0. The minimum Gasteiger partial charge on any atom is -0.475 e. The van der Waals surface area contributed by atoms with Gasteiger partial charge in [-0.2, -0.15) is 0 Å². The molecular formula is C16H26ClN3O2. The zero-order chi connectivity index (χ0) is 15.3. The number of ether oxygens (including phenoxy) is 1. The van der Waals surface area contributed by atoms with Crippen molar-refractivity contribution in [1.82, 2.24) is 15.6 Å². The number of carbonyl (C=O) groups is 1. The fourth-order valence-corrected chi connectivity index (χ4v) is 2.49. The first kappa shape index (κ1) is 18.7. The molecule has 2 rings (SSSR count). The molecule has 1 fully saturated rings. The maximum Gasteiger partial charge on any atom is 0.222 e. The van der Waals surface area contributed by atoms with Crippen molar-refractivity contribution in [3.05, 3.63) is 23.9 Å². The van der Waals surface area contributed by atoms with Crippen molar-refractivity contribution >= 4 is 18.3 Å². The zero-order valence-corrected chi connectivity index (χ0v) is 14.3. The van der Waals surface area contributed by atoms with E-state index in [2.05, 4.69) is 15.6 Å². The summed E-state index contributed by atoms with van der Waals surface area (Å²) in [6.07, 6.45) is 4.48. The zero-order valence-electron chi connectivity index (χ0n) is 13.5. The van der Waals surface area contributed by atoms with E-state index in [1.807, 2.05) is 32.9 Å². The number of nitrogens with zero attached hydrogens (tertiary/aromatic N) is 1. The van der Waals surface area contributed by atoms with E-state index in [0.717, 1.165) is 24.9 Å². The van der Waals surface area contributed by atoms with Gasteiger partial charge in [-0.3, -0.25) is 4.79 Å². The summed E-state index contributed by atoms with van der Waals surface area (Å²) in [6.45, 7) is 7.30. The van der Waals surface area contributed by atoms with Crippen molar-refractivity contribution in [2.75, 3.05) is 13.2 Å². The van der Waals surface area contributed by atoms with Gasteiger partial charge >= 0.3 is 0 Å². The molecule has 0 unspecified atom stereocenters. The number of amides is 1. The molecule has 1 aliphatic rings. The van der Waals surface area contributed by atoms with Gasteiger partial charge in [0.25, 0.3) is 0 Å². The van der Waals surface area contributed by atoms with Crippen molar-refractivity contribution in [1.29, 1.82) is 0 Å². The van der Waals surface area contributed by atoms with Crippen LogP contribution in [0.15, 0.2) is 18.3 Å². The largest absolute Gasteiger partial charge is 0.475 e. The third-order valence-corrected chi connectivity index (χ3v) is 3.60. The van der Waals surface area contributed by atoms with Crippen molar-refractivity contribution in [3.8, 4) is 5.88 Å². The van der Waals surface area contributed by atoms with Gasteiger partial charge in [-0.05, 0) is 46.2 Å². The highest BCUT2D eigenvalue weighted by molar-refractivity contribution is 5.85. The number of halogens is 1. The van der Waals surface area contributed by atoms with Crippen LogP contribution in [0, 0.1) is 6.92 Å². The molecule has 0 aromatic carbocycles. The highest BCUT2D eigenvalue weighted by Crippen LogP contribution is 2.15. The second-order valence-electron chi connectivity index (χ2n) is 6.34. The van der Waals surface area contributed by atoms with Gasteiger partial charge in [0.15, 0.2) is 0 Å². The first-order valence-corrected chi connectivity index (χ1v) is 7.55. The maximum absolute atomic E-state index is 12.1. The fourth-order valence-electron chi connectivity index (χ4n) is 2.49. The van der Waals surface area contributed by atoms with Crippen LogP contribution >= 0.6 is 12.4 Å². The lowest BCUT2D eigenvalue weighted by Gasteiger charge is -2.27. The second-order valence-corrected chi connectivity index (χ2v) is 6.34. The van der Waals surface area contributed by atoms with Crippen molar-refractivity contribution in [3.63, 3.8) is 0 Å². The summed E-state index contributed by atoms with van der Waals surface area (Å²) < 4.78 is 5.73. The summed E-state index contributed by atoms with van der Waals surface area (Å²) in [6, 6.07) is 4.16. The van der Waals surface area contributed by atoms with Gasteiger partial charge in [-0.25, -0.2) is 4.98 Å². The van der Waals surface area contributed by atoms with Crippen LogP contribution in [0.3, 0.4) is 0 Å². The summed E-state index contributed by atoms with van der Waals surface area (Å²) in [5.41, 5.74) is 0.578. The van der Waals surface area contributed by atoms with Gasteiger partial charge in [-0.15, -0.1) is 12.4 Å². The lowest BCUT2D eigenvalue weighted by molar-refractivity contribution is -0.123. The molecule has 0 saturated carbocycles. The third kappa shape index (κ3) is 5.81. The SMILES string of the molecule is Cc1cccnc1OCC(C)(C)NC(=O)C[C@@H]1CCCN1.Cl. The van der Waals surface area contributed by atoms with Gasteiger partial charge in [0.2, 0.25) is 11.8 Å². The van der Waals surface area contributed by atoms with E-state index >= 15 is 0 Å². The van der Waals surface area contributed by atoms with Crippen LogP contribution in [0.1, 0.15) is 38.7 Å². The predicted molar refractivity (Wildman–Crippen MR) is 89.6 cm³/mol. The average Bonchev–Trinajstić information content (AvgIpc) is 2.90. The predicted octanol–water partition coefficient (Wildman–Crippen LogP) is 2.23. The molecular weight excluding hydrogens is 302 g/mol. The van der Waals surface area contributed by atoms with E-state index in [1.165, 1.54) is 0 Å². The number of hydrogen-bond donors (Lipinski definition) is 2. The molecule has 2 N–H and O–H groups in total. The summed E-state index contributed by atoms with van der Waals surface area (Å²) in [7, 11) is 0. The first-order chi connectivity index (χ1) is 9.96. The Kier molecular flexibility index (Phi) is 7.10. The van der Waals surface area contributed by atoms with E-state index in [4.69, 9.17) is 4.74 Å². The molecule has 0 aliphatic carbocycles. The molecule has 0 bridgehead atoms. The Balaban J connectivity index is 0.00000242. The van der Waals surface area contributed by atoms with Gasteiger partial charge in [-0.1, -0.05) is 6.07 Å². The number of aryl methyl sites for hydroxylation is 1. The maximum atomic E-state index is 12.1. The van der Waals surface area contributed by atoms with E-state index in [9.17, 15) is 4.79 Å². The van der Waals surface area contributed by atoms with Gasteiger partial charge in [0.1, 0.15) is 6.61 Å². The van der Waals surface area contributed by atoms with Crippen LogP contribution < -0.4 is 15.4 Å². The quantitative estimate of drug-likeness (QED) is 0.841. The normalized spacial score (nSPS) is 17.7. The molecule has 1 aromatic rings. The van der Waals surface area contributed by atoms with Crippen LogP contribution in [-0.2, 0) is 4.79 Å². The third-order valence-electron chi connectivity index (χ3n) is 3.60. The number of aromatic nitrogens is 1. The van der Waals surface area contributed by atoms with Crippen molar-refractivity contribution in [2.24, 2.45) is 0 Å². The Morgan fingerprint density at radius 1 is 1.55 bits per heavy atom. The molecule has 0 spiro atoms. The molecule has 6 heteroatoms. The lowest BCUT2D eigenvalue weighted by atomic mass is 10.1. The average molecular weight is 328 g/mol. The van der Waals surface area contributed by atoms with E-state index in [1.54, 1.807) is 6.20 Å². The highest BCUT2D eigenvalue weighted by atomic mass is 35.5. The molecule has 1 aromatic heterocycles. The van der Waals surface area contributed by atoms with Crippen LogP contribution in [0.5, 0.6) is 5.88 Å². The minimum atomic E-state index is -0.417. The van der Waals surface area contributed by atoms with Crippen LogP contribution in [0.4, 0.5) is 0 Å². The van der Waals surface area contributed by atoms with E-state index < -0.39 is 5.54 Å². The number of hydrogen-bond acceptors (Lipinski definition) is 4. The molecule has 124 valence electrons. The topological polar surface area (TPSA) is 63.2 Å². The molecule has 1 atom stereocenters. The first-order valence-electron chi connectivity index (χ1n) is 7.55. The minimum absolute atomic E-state index is 0. The second kappa shape index (κ2) is 8.34. The van der Waals surface area contributed by atoms with Crippen LogP contribution in [0.2, 0.25) is 0 Å². The monoisotopic (exact) mass is 327 g/mol. The molecule has 2 heterocycles. The molecule has 22 heavy (non-hydrogen) atoms. The lowest BCUT2D eigenvalue weighted by Crippen LogP contribution is -2.49. The fraction of sp³-hybridized carbons (Fsp3) is 0.625. The Labute approximate surface area is 138 Å². The molecule has 1 saturated heterocycles. The van der Waals surface area contributed by atoms with E-state index in [-0.39, 0.29) is 18.3 Å². The number of nitrogens with one attached hydrogen (secondary N) is 2. The molecule has 5 nitrogen and oxygen atoms in total. The smallest absolute Gasteiger partial charge is 0.222 e. The summed E-state index contributed by atoms with van der Waals surface area (Å²) in [5.74, 6) is 0.693. The van der Waals surface area contributed by atoms with Gasteiger partial charge < -0.3 is 15.4 Å². The van der Waals surface area contributed by atoms with Crippen molar-refractivity contribution in [2.45, 2.75) is 51.6 Å². The van der Waals surface area contributed by atoms with Crippen molar-refractivity contribution < 1.29 is 9.53 Å². The summed E-state index contributed by atoms with van der Waals surface area (Å²) in [4.78, 5) is 16.3. The van der Waals surface area contributed by atoms with Gasteiger partial charge in [0.05, 0.1) is 5.54 Å². The molecule has 1 amide bonds. The summed E-state index contributed by atoms with van der Waals surface area (Å²) in [5, 5.41) is 6.38. The Morgan fingerprint density at radius 3 is 2.95 bits per heavy atom. The standard InChI is InChI=1S/C16H25N3O2.ClH/c1-12-6-4-9-18-15(12)21-11-16(2,3)19-14(20)10-13-7-5-8-17-13;/h4,6,9,13,17H,5,7-8,10-11H2,1-3H3,(H,19,20);1H/t13-;/m0./s1. The van der Waals surface area contributed by atoms with E-state index in [0.29, 0.717) is 24.9 Å².